The Balaban J connectivity index is 2.27. The molecule has 2 heterocycles. The Labute approximate surface area is 114 Å². The molecule has 0 fully saturated rings. The van der Waals surface area contributed by atoms with Crippen molar-refractivity contribution in [2.75, 3.05) is 5.32 Å². The van der Waals surface area contributed by atoms with E-state index >= 15 is 0 Å². The van der Waals surface area contributed by atoms with Gasteiger partial charge in [0.25, 0.3) is 5.91 Å². The van der Waals surface area contributed by atoms with Crippen molar-refractivity contribution in [2.24, 2.45) is 7.05 Å². The van der Waals surface area contributed by atoms with Crippen LogP contribution >= 0.6 is 23.2 Å². The fraction of sp³-hybridized carbons (Fsp3) is 0.182. The van der Waals surface area contributed by atoms with Gasteiger partial charge in [0.2, 0.25) is 0 Å². The quantitative estimate of drug-likeness (QED) is 0.863. The molecule has 0 saturated carbocycles. The van der Waals surface area contributed by atoms with Crippen molar-refractivity contribution < 1.29 is 4.79 Å². The third-order valence-electron chi connectivity index (χ3n) is 2.33. The van der Waals surface area contributed by atoms with Crippen molar-refractivity contribution >= 4 is 34.8 Å². The lowest BCUT2D eigenvalue weighted by atomic mass is 10.2. The molecule has 0 saturated heterocycles. The maximum absolute atomic E-state index is 12.0. The normalized spacial score (nSPS) is 10.4. The fourth-order valence-electron chi connectivity index (χ4n) is 1.50. The topological polar surface area (TPSA) is 59.8 Å². The highest BCUT2D eigenvalue weighted by Crippen LogP contribution is 2.20. The van der Waals surface area contributed by atoms with E-state index in [4.69, 9.17) is 23.2 Å². The molecule has 0 aromatic carbocycles. The van der Waals surface area contributed by atoms with Gasteiger partial charge < -0.3 is 5.32 Å². The van der Waals surface area contributed by atoms with Gasteiger partial charge in [-0.3, -0.25) is 9.48 Å². The van der Waals surface area contributed by atoms with Crippen LogP contribution in [0, 0.1) is 6.92 Å². The van der Waals surface area contributed by atoms with Crippen molar-refractivity contribution in [2.45, 2.75) is 6.92 Å². The molecule has 2 aromatic rings. The zero-order valence-electron chi connectivity index (χ0n) is 9.74. The number of nitrogens with one attached hydrogen (secondary N) is 1. The van der Waals surface area contributed by atoms with Crippen LogP contribution in [0.1, 0.15) is 16.1 Å². The van der Waals surface area contributed by atoms with E-state index in [1.807, 2.05) is 0 Å². The molecule has 7 heteroatoms. The van der Waals surface area contributed by atoms with E-state index in [0.29, 0.717) is 5.69 Å². The van der Waals surface area contributed by atoms with E-state index < -0.39 is 0 Å². The van der Waals surface area contributed by atoms with Crippen molar-refractivity contribution in [3.63, 3.8) is 0 Å². The van der Waals surface area contributed by atoms with E-state index in [1.165, 1.54) is 12.3 Å². The number of aromatic nitrogens is 3. The Hall–Kier alpha value is -1.59. The van der Waals surface area contributed by atoms with Crippen molar-refractivity contribution in [3.05, 3.63) is 39.9 Å². The molecule has 94 valence electrons. The van der Waals surface area contributed by atoms with E-state index in [2.05, 4.69) is 15.4 Å². The lowest BCUT2D eigenvalue weighted by Crippen LogP contribution is -2.13. The number of hydrogen-bond donors (Lipinski definition) is 1. The van der Waals surface area contributed by atoms with Crippen LogP contribution in [-0.2, 0) is 7.05 Å². The summed E-state index contributed by atoms with van der Waals surface area (Å²) in [5.74, 6) is -0.347. The van der Waals surface area contributed by atoms with Gasteiger partial charge in [0.05, 0.1) is 22.0 Å². The summed E-state index contributed by atoms with van der Waals surface area (Å²) in [6, 6.07) is 1.42. The van der Waals surface area contributed by atoms with Crippen molar-refractivity contribution in [1.82, 2.24) is 14.8 Å². The first-order valence-electron chi connectivity index (χ1n) is 5.10. The molecule has 18 heavy (non-hydrogen) atoms. The molecule has 2 aromatic heterocycles. The molecule has 1 amide bonds. The van der Waals surface area contributed by atoms with Gasteiger partial charge in [-0.25, -0.2) is 4.98 Å². The predicted molar refractivity (Wildman–Crippen MR) is 70.2 cm³/mol. The largest absolute Gasteiger partial charge is 0.319 e. The summed E-state index contributed by atoms with van der Waals surface area (Å²) in [6.07, 6.45) is 3.05. The molecule has 5 nitrogen and oxygen atoms in total. The highest BCUT2D eigenvalue weighted by molar-refractivity contribution is 6.35. The maximum atomic E-state index is 12.0. The van der Waals surface area contributed by atoms with Gasteiger partial charge in [-0.05, 0) is 13.0 Å². The Morgan fingerprint density at radius 3 is 2.78 bits per heavy atom. The molecule has 1 N–H and O–H groups in total. The summed E-state index contributed by atoms with van der Waals surface area (Å²) >= 11 is 11.6. The van der Waals surface area contributed by atoms with Crippen molar-refractivity contribution in [1.29, 1.82) is 0 Å². The number of aryl methyl sites for hydroxylation is 2. The fourth-order valence-corrected chi connectivity index (χ4v) is 1.85. The highest BCUT2D eigenvalue weighted by Gasteiger charge is 2.14. The molecule has 0 bridgehead atoms. The number of pyridine rings is 1. The van der Waals surface area contributed by atoms with Gasteiger partial charge in [0.15, 0.2) is 0 Å². The average molecular weight is 285 g/mol. The second-order valence-corrected chi connectivity index (χ2v) is 4.54. The van der Waals surface area contributed by atoms with Crippen LogP contribution in [0.2, 0.25) is 10.2 Å². The van der Waals surface area contributed by atoms with E-state index in [1.54, 1.807) is 24.9 Å². The molecule has 0 aliphatic heterocycles. The standard InChI is InChI=1S/C11H10Cl2N4O/c1-6-9(5-17(2)16-6)15-11(18)7-3-10(13)14-4-8(7)12/h3-5H,1-2H3,(H,15,18). The molecule has 0 atom stereocenters. The number of hydrogen-bond acceptors (Lipinski definition) is 3. The number of carbonyl (C=O) groups excluding carboxylic acids is 1. The molecule has 0 spiro atoms. The molecule has 0 aliphatic rings. The summed E-state index contributed by atoms with van der Waals surface area (Å²) in [5, 5.41) is 7.31. The zero-order chi connectivity index (χ0) is 13.3. The Morgan fingerprint density at radius 2 is 2.17 bits per heavy atom. The van der Waals surface area contributed by atoms with E-state index in [-0.39, 0.29) is 21.6 Å². The summed E-state index contributed by atoms with van der Waals surface area (Å²) in [7, 11) is 1.78. The molecule has 0 radical (unpaired) electrons. The number of halogens is 2. The monoisotopic (exact) mass is 284 g/mol. The van der Waals surface area contributed by atoms with Crippen molar-refractivity contribution in [3.8, 4) is 0 Å². The minimum atomic E-state index is -0.347. The van der Waals surface area contributed by atoms with E-state index in [9.17, 15) is 4.79 Å². The SMILES string of the molecule is Cc1nn(C)cc1NC(=O)c1cc(Cl)ncc1Cl. The molecular formula is C11H10Cl2N4O. The van der Waals surface area contributed by atoms with Gasteiger partial charge in [-0.2, -0.15) is 5.10 Å². The summed E-state index contributed by atoms with van der Waals surface area (Å²) in [5.41, 5.74) is 1.63. The van der Waals surface area contributed by atoms with Crippen LogP contribution in [0.4, 0.5) is 5.69 Å². The van der Waals surface area contributed by atoms with Gasteiger partial charge in [0, 0.05) is 19.4 Å². The molecule has 0 unspecified atom stereocenters. The average Bonchev–Trinajstić information content (AvgIpc) is 2.61. The first-order chi connectivity index (χ1) is 8.47. The second kappa shape index (κ2) is 4.96. The third-order valence-corrected chi connectivity index (χ3v) is 2.84. The van der Waals surface area contributed by atoms with Gasteiger partial charge in [-0.1, -0.05) is 23.2 Å². The smallest absolute Gasteiger partial charge is 0.257 e. The van der Waals surface area contributed by atoms with Gasteiger partial charge in [-0.15, -0.1) is 0 Å². The van der Waals surface area contributed by atoms with Gasteiger partial charge >= 0.3 is 0 Å². The number of nitrogens with zero attached hydrogens (tertiary/aromatic N) is 3. The number of anilines is 1. The van der Waals surface area contributed by atoms with Gasteiger partial charge in [0.1, 0.15) is 5.15 Å². The first kappa shape index (κ1) is 12.9. The lowest BCUT2D eigenvalue weighted by molar-refractivity contribution is 0.102. The highest BCUT2D eigenvalue weighted by atomic mass is 35.5. The summed E-state index contributed by atoms with van der Waals surface area (Å²) < 4.78 is 1.62. The maximum Gasteiger partial charge on any atom is 0.257 e. The van der Waals surface area contributed by atoms with Crippen LogP contribution in [0.25, 0.3) is 0 Å². The minimum absolute atomic E-state index is 0.215. The summed E-state index contributed by atoms with van der Waals surface area (Å²) in [4.78, 5) is 15.8. The predicted octanol–water partition coefficient (Wildman–Crippen LogP) is 2.68. The van der Waals surface area contributed by atoms with Crippen LogP contribution in [-0.4, -0.2) is 20.7 Å². The first-order valence-corrected chi connectivity index (χ1v) is 5.85. The van der Waals surface area contributed by atoms with Crippen LogP contribution < -0.4 is 5.32 Å². The molecular weight excluding hydrogens is 275 g/mol. The Morgan fingerprint density at radius 1 is 1.44 bits per heavy atom. The minimum Gasteiger partial charge on any atom is -0.319 e. The number of amides is 1. The Kier molecular flexibility index (Phi) is 3.54. The number of carbonyl (C=O) groups is 1. The zero-order valence-corrected chi connectivity index (χ0v) is 11.2. The number of rotatable bonds is 2. The van der Waals surface area contributed by atoms with Crippen LogP contribution in [0.3, 0.4) is 0 Å². The second-order valence-electron chi connectivity index (χ2n) is 3.74. The lowest BCUT2D eigenvalue weighted by Gasteiger charge is -2.05. The molecule has 0 aliphatic carbocycles. The van der Waals surface area contributed by atoms with E-state index in [0.717, 1.165) is 5.69 Å². The van der Waals surface area contributed by atoms with Crippen LogP contribution in [0.15, 0.2) is 18.5 Å². The Bertz CT molecular complexity index is 609. The summed E-state index contributed by atoms with van der Waals surface area (Å²) in [6.45, 7) is 1.80. The molecule has 2 rings (SSSR count). The third kappa shape index (κ3) is 2.63. The van der Waals surface area contributed by atoms with Crippen LogP contribution in [0.5, 0.6) is 0 Å².